The van der Waals surface area contributed by atoms with Crippen LogP contribution in [0.5, 0.6) is 0 Å². The van der Waals surface area contributed by atoms with Crippen molar-refractivity contribution >= 4 is 26.0 Å². The number of sulfonamides is 1. The predicted octanol–water partition coefficient (Wildman–Crippen LogP) is 2.15. The van der Waals surface area contributed by atoms with Gasteiger partial charge in [0.05, 0.1) is 4.90 Å². The molecule has 0 atom stereocenters. The van der Waals surface area contributed by atoms with Crippen LogP contribution in [-0.2, 0) is 21.9 Å². The molecule has 0 aliphatic carbocycles. The van der Waals surface area contributed by atoms with Crippen LogP contribution in [-0.4, -0.2) is 24.7 Å². The molecule has 0 amide bonds. The van der Waals surface area contributed by atoms with Crippen LogP contribution in [0.3, 0.4) is 0 Å². The summed E-state index contributed by atoms with van der Waals surface area (Å²) >= 11 is 3.33. The van der Waals surface area contributed by atoms with Crippen LogP contribution in [0.2, 0.25) is 0 Å². The molecule has 1 aromatic heterocycles. The molecular formula is C13H16BrN3O2S. The van der Waals surface area contributed by atoms with Gasteiger partial charge in [0.15, 0.2) is 0 Å². The number of alkyl halides is 1. The number of nitrogens with one attached hydrogen (secondary N) is 1. The zero-order chi connectivity index (χ0) is 14.4. The molecular weight excluding hydrogens is 342 g/mol. The number of hydrogen-bond donors (Lipinski definition) is 1. The van der Waals surface area contributed by atoms with Crippen LogP contribution in [0.4, 0.5) is 0 Å². The number of rotatable bonds is 7. The Hall–Kier alpha value is -1.18. The smallest absolute Gasteiger partial charge is 0.240 e. The third-order valence-corrected chi connectivity index (χ3v) is 4.93. The van der Waals surface area contributed by atoms with E-state index in [4.69, 9.17) is 0 Å². The van der Waals surface area contributed by atoms with Crippen molar-refractivity contribution in [3.63, 3.8) is 0 Å². The SMILES string of the molecule is O=S(=O)(NCCCn1cccn1)c1ccc(CBr)cc1. The second-order valence-electron chi connectivity index (χ2n) is 4.30. The van der Waals surface area contributed by atoms with Gasteiger partial charge >= 0.3 is 0 Å². The molecule has 2 rings (SSSR count). The normalized spacial score (nSPS) is 11.7. The van der Waals surface area contributed by atoms with Crippen LogP contribution in [0.1, 0.15) is 12.0 Å². The van der Waals surface area contributed by atoms with Crippen LogP contribution >= 0.6 is 15.9 Å². The maximum Gasteiger partial charge on any atom is 0.240 e. The van der Waals surface area contributed by atoms with Crippen molar-refractivity contribution in [3.8, 4) is 0 Å². The molecule has 20 heavy (non-hydrogen) atoms. The quantitative estimate of drug-likeness (QED) is 0.609. The molecule has 5 nitrogen and oxygen atoms in total. The molecule has 0 saturated heterocycles. The molecule has 0 radical (unpaired) electrons. The van der Waals surface area contributed by atoms with Crippen LogP contribution in [0.15, 0.2) is 47.6 Å². The van der Waals surface area contributed by atoms with Gasteiger partial charge in [0, 0.05) is 30.8 Å². The average Bonchev–Trinajstić information content (AvgIpc) is 2.97. The summed E-state index contributed by atoms with van der Waals surface area (Å²) in [5, 5.41) is 4.78. The van der Waals surface area contributed by atoms with Gasteiger partial charge < -0.3 is 0 Å². The third-order valence-electron chi connectivity index (χ3n) is 2.80. The highest BCUT2D eigenvalue weighted by Gasteiger charge is 2.12. The standard InChI is InChI=1S/C13H16BrN3O2S/c14-11-12-3-5-13(6-4-12)20(18,19)16-8-2-10-17-9-1-7-15-17/h1,3-7,9,16H,2,8,10-11H2. The first kappa shape index (κ1) is 15.2. The first-order chi connectivity index (χ1) is 9.62. The first-order valence-corrected chi connectivity index (χ1v) is 8.84. The second-order valence-corrected chi connectivity index (χ2v) is 6.63. The van der Waals surface area contributed by atoms with Crippen molar-refractivity contribution in [1.82, 2.24) is 14.5 Å². The number of hydrogen-bond acceptors (Lipinski definition) is 3. The summed E-state index contributed by atoms with van der Waals surface area (Å²) in [4.78, 5) is 0.293. The monoisotopic (exact) mass is 357 g/mol. The Labute approximate surface area is 127 Å². The number of benzene rings is 1. The fraction of sp³-hybridized carbons (Fsp3) is 0.308. The molecule has 1 heterocycles. The predicted molar refractivity (Wildman–Crippen MR) is 81.1 cm³/mol. The lowest BCUT2D eigenvalue weighted by Crippen LogP contribution is -2.25. The van der Waals surface area contributed by atoms with E-state index < -0.39 is 10.0 Å². The number of aromatic nitrogens is 2. The van der Waals surface area contributed by atoms with Gasteiger partial charge in [0.25, 0.3) is 0 Å². The number of aryl methyl sites for hydroxylation is 1. The lowest BCUT2D eigenvalue weighted by Gasteiger charge is -2.07. The Balaban J connectivity index is 1.86. The minimum Gasteiger partial charge on any atom is -0.273 e. The molecule has 1 N–H and O–H groups in total. The summed E-state index contributed by atoms with van der Waals surface area (Å²) in [6.07, 6.45) is 4.25. The lowest BCUT2D eigenvalue weighted by atomic mass is 10.2. The van der Waals surface area contributed by atoms with Gasteiger partial charge in [-0.15, -0.1) is 0 Å². The summed E-state index contributed by atoms with van der Waals surface area (Å²) in [6, 6.07) is 8.68. The number of halogens is 1. The fourth-order valence-electron chi connectivity index (χ4n) is 1.72. The lowest BCUT2D eigenvalue weighted by molar-refractivity contribution is 0.553. The van der Waals surface area contributed by atoms with Crippen LogP contribution in [0.25, 0.3) is 0 Å². The summed E-state index contributed by atoms with van der Waals surface area (Å²) in [5.41, 5.74) is 1.04. The van der Waals surface area contributed by atoms with E-state index in [-0.39, 0.29) is 0 Å². The van der Waals surface area contributed by atoms with Crippen molar-refractivity contribution in [1.29, 1.82) is 0 Å². The van der Waals surface area contributed by atoms with Gasteiger partial charge in [-0.1, -0.05) is 28.1 Å². The molecule has 1 aromatic carbocycles. The second kappa shape index (κ2) is 7.01. The maximum absolute atomic E-state index is 12.0. The van der Waals surface area contributed by atoms with E-state index in [1.165, 1.54) is 0 Å². The number of nitrogens with zero attached hydrogens (tertiary/aromatic N) is 2. The molecule has 7 heteroatoms. The molecule has 0 saturated carbocycles. The zero-order valence-electron chi connectivity index (χ0n) is 10.9. The van der Waals surface area contributed by atoms with Gasteiger partial charge in [0.1, 0.15) is 0 Å². The minimum absolute atomic E-state index is 0.293. The third kappa shape index (κ3) is 4.16. The van der Waals surface area contributed by atoms with E-state index in [1.807, 2.05) is 12.3 Å². The van der Waals surface area contributed by atoms with Crippen molar-refractivity contribution in [2.45, 2.75) is 23.2 Å². The largest absolute Gasteiger partial charge is 0.273 e. The van der Waals surface area contributed by atoms with Gasteiger partial charge in [-0.05, 0) is 30.2 Å². The van der Waals surface area contributed by atoms with E-state index in [0.29, 0.717) is 29.7 Å². The molecule has 0 unspecified atom stereocenters. The van der Waals surface area contributed by atoms with Crippen molar-refractivity contribution in [2.75, 3.05) is 6.54 Å². The van der Waals surface area contributed by atoms with Crippen molar-refractivity contribution in [3.05, 3.63) is 48.3 Å². The summed E-state index contributed by atoms with van der Waals surface area (Å²) in [7, 11) is -3.42. The average molecular weight is 358 g/mol. The molecule has 0 bridgehead atoms. The maximum atomic E-state index is 12.0. The molecule has 108 valence electrons. The van der Waals surface area contributed by atoms with Gasteiger partial charge in [-0.3, -0.25) is 4.68 Å². The van der Waals surface area contributed by atoms with E-state index >= 15 is 0 Å². The van der Waals surface area contributed by atoms with Crippen LogP contribution in [0, 0.1) is 0 Å². The van der Waals surface area contributed by atoms with E-state index in [2.05, 4.69) is 25.8 Å². The van der Waals surface area contributed by atoms with Gasteiger partial charge in [0.2, 0.25) is 10.0 Å². The highest BCUT2D eigenvalue weighted by atomic mass is 79.9. The Kier molecular flexibility index (Phi) is 5.33. The highest BCUT2D eigenvalue weighted by molar-refractivity contribution is 9.08. The summed E-state index contributed by atoms with van der Waals surface area (Å²) in [6.45, 7) is 1.08. The van der Waals surface area contributed by atoms with E-state index in [1.54, 1.807) is 35.1 Å². The van der Waals surface area contributed by atoms with Crippen molar-refractivity contribution < 1.29 is 8.42 Å². The van der Waals surface area contributed by atoms with Crippen LogP contribution < -0.4 is 4.72 Å². The molecule has 0 aliphatic rings. The Morgan fingerprint density at radius 3 is 2.60 bits per heavy atom. The Morgan fingerprint density at radius 2 is 2.00 bits per heavy atom. The molecule has 0 fully saturated rings. The zero-order valence-corrected chi connectivity index (χ0v) is 13.3. The molecule has 2 aromatic rings. The topological polar surface area (TPSA) is 64.0 Å². The fourth-order valence-corrected chi connectivity index (χ4v) is 3.17. The van der Waals surface area contributed by atoms with Gasteiger partial charge in [-0.2, -0.15) is 5.10 Å². The van der Waals surface area contributed by atoms with Crippen molar-refractivity contribution in [2.24, 2.45) is 0 Å². The Morgan fingerprint density at radius 1 is 1.25 bits per heavy atom. The highest BCUT2D eigenvalue weighted by Crippen LogP contribution is 2.12. The first-order valence-electron chi connectivity index (χ1n) is 6.24. The Bertz CT molecular complexity index is 624. The summed E-state index contributed by atoms with van der Waals surface area (Å²) in [5.74, 6) is 0. The molecule has 0 spiro atoms. The van der Waals surface area contributed by atoms with Gasteiger partial charge in [-0.25, -0.2) is 13.1 Å². The van der Waals surface area contributed by atoms with E-state index in [9.17, 15) is 8.42 Å². The molecule has 0 aliphatic heterocycles. The van der Waals surface area contributed by atoms with E-state index in [0.717, 1.165) is 5.56 Å². The minimum atomic E-state index is -3.42. The summed E-state index contributed by atoms with van der Waals surface area (Å²) < 4.78 is 28.5.